The van der Waals surface area contributed by atoms with Crippen LogP contribution in [-0.2, 0) is 24.3 Å². The number of aliphatic hydroxyl groups excluding tert-OH is 1. The van der Waals surface area contributed by atoms with Crippen molar-refractivity contribution in [3.05, 3.63) is 66.0 Å². The van der Waals surface area contributed by atoms with E-state index < -0.39 is 6.10 Å². The number of hydrogen-bond acceptors (Lipinski definition) is 3. The van der Waals surface area contributed by atoms with E-state index in [4.69, 9.17) is 9.72 Å². The minimum absolute atomic E-state index is 0.312. The Hall–Kier alpha value is -2.17. The molecule has 0 bridgehead atoms. The second kappa shape index (κ2) is 8.08. The van der Waals surface area contributed by atoms with Gasteiger partial charge in [0, 0.05) is 6.42 Å². The van der Waals surface area contributed by atoms with E-state index in [0.717, 1.165) is 35.3 Å². The van der Waals surface area contributed by atoms with Crippen LogP contribution in [0.25, 0.3) is 11.0 Å². The van der Waals surface area contributed by atoms with Crippen LogP contribution in [0, 0.1) is 0 Å². The zero-order valence-electron chi connectivity index (χ0n) is 14.1. The van der Waals surface area contributed by atoms with Crippen molar-refractivity contribution >= 4 is 11.0 Å². The van der Waals surface area contributed by atoms with E-state index in [1.807, 2.05) is 48.5 Å². The van der Waals surface area contributed by atoms with Crippen LogP contribution >= 0.6 is 0 Å². The maximum Gasteiger partial charge on any atom is 0.109 e. The second-order valence-electron chi connectivity index (χ2n) is 6.03. The van der Waals surface area contributed by atoms with E-state index in [1.165, 1.54) is 0 Å². The highest BCUT2D eigenvalue weighted by atomic mass is 16.5. The Kier molecular flexibility index (Phi) is 5.62. The van der Waals surface area contributed by atoms with Gasteiger partial charge < -0.3 is 14.4 Å². The standard InChI is InChI=1S/C20H24N2O2/c1-2-8-20-21-18-11-6-7-12-19(18)22(20)13-17(23)15-24-14-16-9-4-3-5-10-16/h3-7,9-12,17,23H,2,8,13-15H2,1H3. The fourth-order valence-electron chi connectivity index (χ4n) is 2.89. The van der Waals surface area contributed by atoms with Crippen LogP contribution in [0.2, 0.25) is 0 Å². The molecule has 0 saturated carbocycles. The van der Waals surface area contributed by atoms with Gasteiger partial charge in [-0.2, -0.15) is 0 Å². The van der Waals surface area contributed by atoms with Crippen LogP contribution < -0.4 is 0 Å². The number of rotatable bonds is 8. The van der Waals surface area contributed by atoms with Gasteiger partial charge in [-0.05, 0) is 24.1 Å². The smallest absolute Gasteiger partial charge is 0.109 e. The number of aromatic nitrogens is 2. The van der Waals surface area contributed by atoms with Crippen LogP contribution in [0.1, 0.15) is 24.7 Å². The molecule has 126 valence electrons. The molecule has 1 heterocycles. The predicted octanol–water partition coefficient (Wildman–Crippen LogP) is 3.57. The van der Waals surface area contributed by atoms with Crippen molar-refractivity contribution in [2.45, 2.75) is 39.0 Å². The summed E-state index contributed by atoms with van der Waals surface area (Å²) in [4.78, 5) is 4.69. The lowest BCUT2D eigenvalue weighted by molar-refractivity contribution is 0.0205. The molecule has 2 aromatic carbocycles. The normalized spacial score (nSPS) is 12.6. The number of fused-ring (bicyclic) bond motifs is 1. The van der Waals surface area contributed by atoms with Crippen molar-refractivity contribution in [2.24, 2.45) is 0 Å². The summed E-state index contributed by atoms with van der Waals surface area (Å²) in [5.41, 5.74) is 3.17. The summed E-state index contributed by atoms with van der Waals surface area (Å²) in [5.74, 6) is 1.03. The van der Waals surface area contributed by atoms with Crippen molar-refractivity contribution in [1.82, 2.24) is 9.55 Å². The Morgan fingerprint density at radius 1 is 1.08 bits per heavy atom. The molecule has 0 aliphatic carbocycles. The maximum absolute atomic E-state index is 10.4. The highest BCUT2D eigenvalue weighted by Crippen LogP contribution is 2.18. The number of nitrogens with zero attached hydrogens (tertiary/aromatic N) is 2. The SMILES string of the molecule is CCCc1nc2ccccc2n1CC(O)COCc1ccccc1. The molecule has 0 radical (unpaired) electrons. The topological polar surface area (TPSA) is 47.3 Å². The molecule has 0 saturated heterocycles. The number of para-hydroxylation sites is 2. The first-order valence-corrected chi connectivity index (χ1v) is 8.51. The Balaban J connectivity index is 1.64. The van der Waals surface area contributed by atoms with Crippen LogP contribution in [0.5, 0.6) is 0 Å². The summed E-state index contributed by atoms with van der Waals surface area (Å²) in [6, 6.07) is 18.1. The number of hydrogen-bond donors (Lipinski definition) is 1. The zero-order valence-corrected chi connectivity index (χ0v) is 14.1. The number of benzene rings is 2. The molecule has 0 aliphatic rings. The molecule has 0 amide bonds. The van der Waals surface area contributed by atoms with Crippen molar-refractivity contribution in [1.29, 1.82) is 0 Å². The predicted molar refractivity (Wildman–Crippen MR) is 95.8 cm³/mol. The Morgan fingerprint density at radius 3 is 2.62 bits per heavy atom. The van der Waals surface area contributed by atoms with Gasteiger partial charge in [0.05, 0.1) is 36.9 Å². The van der Waals surface area contributed by atoms with Gasteiger partial charge in [0.2, 0.25) is 0 Å². The summed E-state index contributed by atoms with van der Waals surface area (Å²) in [7, 11) is 0. The first-order chi connectivity index (χ1) is 11.8. The van der Waals surface area contributed by atoms with Crippen molar-refractivity contribution in [2.75, 3.05) is 6.61 Å². The summed E-state index contributed by atoms with van der Waals surface area (Å²) < 4.78 is 7.78. The number of imidazole rings is 1. The molecule has 3 rings (SSSR count). The molecular weight excluding hydrogens is 300 g/mol. The Morgan fingerprint density at radius 2 is 1.83 bits per heavy atom. The molecule has 1 aromatic heterocycles. The van der Waals surface area contributed by atoms with Gasteiger partial charge in [0.1, 0.15) is 5.82 Å². The molecule has 0 fully saturated rings. The Labute approximate surface area is 142 Å². The van der Waals surface area contributed by atoms with Crippen molar-refractivity contribution in [3.8, 4) is 0 Å². The molecule has 3 aromatic rings. The minimum atomic E-state index is -0.554. The third-order valence-corrected chi connectivity index (χ3v) is 4.02. The number of ether oxygens (including phenoxy) is 1. The van der Waals surface area contributed by atoms with Gasteiger partial charge in [0.15, 0.2) is 0 Å². The number of aliphatic hydroxyl groups is 1. The fraction of sp³-hybridized carbons (Fsp3) is 0.350. The quantitative estimate of drug-likeness (QED) is 0.689. The number of aryl methyl sites for hydroxylation is 1. The molecule has 24 heavy (non-hydrogen) atoms. The van der Waals surface area contributed by atoms with E-state index in [0.29, 0.717) is 19.8 Å². The average molecular weight is 324 g/mol. The van der Waals surface area contributed by atoms with Crippen LogP contribution in [0.15, 0.2) is 54.6 Å². The lowest BCUT2D eigenvalue weighted by atomic mass is 10.2. The van der Waals surface area contributed by atoms with Gasteiger partial charge in [0.25, 0.3) is 0 Å². The monoisotopic (exact) mass is 324 g/mol. The van der Waals surface area contributed by atoms with Crippen molar-refractivity contribution < 1.29 is 9.84 Å². The van der Waals surface area contributed by atoms with E-state index in [1.54, 1.807) is 0 Å². The van der Waals surface area contributed by atoms with Crippen LogP contribution in [0.4, 0.5) is 0 Å². The lowest BCUT2D eigenvalue weighted by Gasteiger charge is -2.15. The van der Waals surface area contributed by atoms with Crippen LogP contribution in [0.3, 0.4) is 0 Å². The molecule has 4 nitrogen and oxygen atoms in total. The van der Waals surface area contributed by atoms with E-state index in [2.05, 4.69) is 17.6 Å². The van der Waals surface area contributed by atoms with Crippen molar-refractivity contribution in [3.63, 3.8) is 0 Å². The highest BCUT2D eigenvalue weighted by Gasteiger charge is 2.13. The van der Waals surface area contributed by atoms with Gasteiger partial charge in [-0.3, -0.25) is 0 Å². The highest BCUT2D eigenvalue weighted by molar-refractivity contribution is 5.75. The minimum Gasteiger partial charge on any atom is -0.389 e. The van der Waals surface area contributed by atoms with E-state index in [-0.39, 0.29) is 0 Å². The second-order valence-corrected chi connectivity index (χ2v) is 6.03. The summed E-state index contributed by atoms with van der Waals surface area (Å²) in [6.07, 6.45) is 1.39. The lowest BCUT2D eigenvalue weighted by Crippen LogP contribution is -2.23. The molecular formula is C20H24N2O2. The van der Waals surface area contributed by atoms with Gasteiger partial charge in [-0.15, -0.1) is 0 Å². The summed E-state index contributed by atoms with van der Waals surface area (Å²) >= 11 is 0. The first-order valence-electron chi connectivity index (χ1n) is 8.51. The summed E-state index contributed by atoms with van der Waals surface area (Å²) in [5, 5.41) is 10.4. The Bertz CT molecular complexity index is 768. The zero-order chi connectivity index (χ0) is 16.8. The van der Waals surface area contributed by atoms with Gasteiger partial charge in [-0.1, -0.05) is 49.4 Å². The third-order valence-electron chi connectivity index (χ3n) is 4.02. The molecule has 1 unspecified atom stereocenters. The first kappa shape index (κ1) is 16.7. The van der Waals surface area contributed by atoms with E-state index >= 15 is 0 Å². The molecule has 0 spiro atoms. The fourth-order valence-corrected chi connectivity index (χ4v) is 2.89. The average Bonchev–Trinajstić information content (AvgIpc) is 2.94. The van der Waals surface area contributed by atoms with Crippen LogP contribution in [-0.4, -0.2) is 27.4 Å². The third kappa shape index (κ3) is 4.02. The molecule has 1 N–H and O–H groups in total. The maximum atomic E-state index is 10.4. The molecule has 4 heteroatoms. The van der Waals surface area contributed by atoms with E-state index in [9.17, 15) is 5.11 Å². The molecule has 1 atom stereocenters. The largest absolute Gasteiger partial charge is 0.389 e. The van der Waals surface area contributed by atoms with Gasteiger partial charge in [-0.25, -0.2) is 4.98 Å². The molecule has 0 aliphatic heterocycles. The van der Waals surface area contributed by atoms with Gasteiger partial charge >= 0.3 is 0 Å². The summed E-state index contributed by atoms with van der Waals surface area (Å²) in [6.45, 7) is 3.48.